The number of hydrogen-bond acceptors (Lipinski definition) is 5. The van der Waals surface area contributed by atoms with Crippen LogP contribution in [0.15, 0.2) is 12.1 Å². The van der Waals surface area contributed by atoms with Gasteiger partial charge in [-0.1, -0.05) is 0 Å². The first-order valence-corrected chi connectivity index (χ1v) is 7.40. The van der Waals surface area contributed by atoms with Crippen molar-refractivity contribution in [3.8, 4) is 6.07 Å². The van der Waals surface area contributed by atoms with E-state index in [0.717, 1.165) is 0 Å². The van der Waals surface area contributed by atoms with Crippen LogP contribution < -0.4 is 10.6 Å². The van der Waals surface area contributed by atoms with Gasteiger partial charge in [-0.25, -0.2) is 0 Å². The average molecular weight is 326 g/mol. The fourth-order valence-electron chi connectivity index (χ4n) is 3.03. The zero-order valence-electron chi connectivity index (χ0n) is 12.9. The third-order valence-corrected chi connectivity index (χ3v) is 4.10. The number of benzene rings is 1. The first-order valence-electron chi connectivity index (χ1n) is 7.40. The molecule has 3 rings (SSSR count). The standard InChI is InChI=1S/C16H14N4O4/c1-8(21)18-12-5-9(6-17)4-10-11(12)7-20(16(10)24)13-2-3-14(22)19-15(13)23/h4-5,13H,2-3,7H2,1H3,(H,18,21)(H,19,22,23). The largest absolute Gasteiger partial charge is 0.326 e. The monoisotopic (exact) mass is 326 g/mol. The van der Waals surface area contributed by atoms with Crippen LogP contribution in [0.1, 0.15) is 41.3 Å². The molecule has 24 heavy (non-hydrogen) atoms. The second kappa shape index (κ2) is 5.77. The lowest BCUT2D eigenvalue weighted by Gasteiger charge is -2.29. The molecule has 0 radical (unpaired) electrons. The van der Waals surface area contributed by atoms with Crippen molar-refractivity contribution in [1.82, 2.24) is 10.2 Å². The second-order valence-corrected chi connectivity index (χ2v) is 5.74. The van der Waals surface area contributed by atoms with Gasteiger partial charge in [0.25, 0.3) is 5.91 Å². The van der Waals surface area contributed by atoms with Gasteiger partial charge in [-0.15, -0.1) is 0 Å². The molecule has 2 aliphatic rings. The lowest BCUT2D eigenvalue weighted by Crippen LogP contribution is -2.52. The number of carbonyl (C=O) groups is 4. The van der Waals surface area contributed by atoms with Crippen molar-refractivity contribution in [1.29, 1.82) is 5.26 Å². The minimum Gasteiger partial charge on any atom is -0.326 e. The van der Waals surface area contributed by atoms with Crippen LogP contribution >= 0.6 is 0 Å². The van der Waals surface area contributed by atoms with Gasteiger partial charge >= 0.3 is 0 Å². The zero-order chi connectivity index (χ0) is 17.4. The number of hydrogen-bond donors (Lipinski definition) is 2. The summed E-state index contributed by atoms with van der Waals surface area (Å²) in [6, 6.07) is 4.17. The molecule has 4 amide bonds. The van der Waals surface area contributed by atoms with E-state index in [2.05, 4.69) is 10.6 Å². The first-order chi connectivity index (χ1) is 11.4. The molecule has 2 N–H and O–H groups in total. The van der Waals surface area contributed by atoms with Crippen molar-refractivity contribution in [3.63, 3.8) is 0 Å². The summed E-state index contributed by atoms with van der Waals surface area (Å²) in [6.45, 7) is 1.47. The van der Waals surface area contributed by atoms with E-state index in [9.17, 15) is 19.2 Å². The fourth-order valence-corrected chi connectivity index (χ4v) is 3.03. The Labute approximate surface area is 137 Å². The van der Waals surface area contributed by atoms with Gasteiger partial charge in [-0.3, -0.25) is 24.5 Å². The number of rotatable bonds is 2. The van der Waals surface area contributed by atoms with Gasteiger partial charge in [-0.05, 0) is 18.6 Å². The molecule has 122 valence electrons. The van der Waals surface area contributed by atoms with Crippen LogP contribution in [0.4, 0.5) is 5.69 Å². The molecule has 1 aromatic carbocycles. The number of nitriles is 1. The van der Waals surface area contributed by atoms with E-state index in [1.807, 2.05) is 6.07 Å². The molecule has 8 heteroatoms. The number of anilines is 1. The molecule has 8 nitrogen and oxygen atoms in total. The third kappa shape index (κ3) is 2.60. The molecule has 0 spiro atoms. The lowest BCUT2D eigenvalue weighted by molar-refractivity contribution is -0.137. The number of nitrogens with zero attached hydrogens (tertiary/aromatic N) is 2. The molecule has 1 aromatic rings. The van der Waals surface area contributed by atoms with Crippen LogP contribution in [0.5, 0.6) is 0 Å². The Morgan fingerprint density at radius 3 is 2.75 bits per heavy atom. The number of piperidine rings is 1. The number of nitrogens with one attached hydrogen (secondary N) is 2. The van der Waals surface area contributed by atoms with E-state index < -0.39 is 11.9 Å². The van der Waals surface area contributed by atoms with Crippen molar-refractivity contribution in [3.05, 3.63) is 28.8 Å². The summed E-state index contributed by atoms with van der Waals surface area (Å²) in [5.41, 5.74) is 1.50. The normalized spacial score (nSPS) is 19.6. The maximum Gasteiger partial charge on any atom is 0.255 e. The molecule has 1 unspecified atom stereocenters. The number of fused-ring (bicyclic) bond motifs is 1. The summed E-state index contributed by atoms with van der Waals surface area (Å²) < 4.78 is 0. The highest BCUT2D eigenvalue weighted by Gasteiger charge is 2.40. The summed E-state index contributed by atoms with van der Waals surface area (Å²) >= 11 is 0. The Balaban J connectivity index is 1.97. The number of carbonyl (C=O) groups excluding carboxylic acids is 4. The predicted octanol–water partition coefficient (Wildman–Crippen LogP) is 0.278. The highest BCUT2D eigenvalue weighted by Crippen LogP contribution is 2.33. The maximum absolute atomic E-state index is 12.7. The molecule has 1 fully saturated rings. The van der Waals surface area contributed by atoms with Crippen LogP contribution in [0.25, 0.3) is 0 Å². The van der Waals surface area contributed by atoms with Crippen molar-refractivity contribution in [2.75, 3.05) is 5.32 Å². The lowest BCUT2D eigenvalue weighted by atomic mass is 10.0. The van der Waals surface area contributed by atoms with E-state index in [1.54, 1.807) is 0 Å². The van der Waals surface area contributed by atoms with Crippen LogP contribution in [0.3, 0.4) is 0 Å². The minimum atomic E-state index is -0.738. The predicted molar refractivity (Wildman–Crippen MR) is 81.5 cm³/mol. The van der Waals surface area contributed by atoms with Crippen molar-refractivity contribution in [2.24, 2.45) is 0 Å². The quantitative estimate of drug-likeness (QED) is 0.756. The van der Waals surface area contributed by atoms with Crippen LogP contribution in [-0.2, 0) is 20.9 Å². The highest BCUT2D eigenvalue weighted by atomic mass is 16.2. The Morgan fingerprint density at radius 2 is 2.12 bits per heavy atom. The van der Waals surface area contributed by atoms with Gasteiger partial charge in [0, 0.05) is 36.7 Å². The molecule has 2 heterocycles. The smallest absolute Gasteiger partial charge is 0.255 e. The Kier molecular flexibility index (Phi) is 3.77. The summed E-state index contributed by atoms with van der Waals surface area (Å²) in [7, 11) is 0. The highest BCUT2D eigenvalue weighted by molar-refractivity contribution is 6.07. The van der Waals surface area contributed by atoms with Crippen molar-refractivity contribution in [2.45, 2.75) is 32.4 Å². The fraction of sp³-hybridized carbons (Fsp3) is 0.312. The molecule has 1 saturated heterocycles. The van der Waals surface area contributed by atoms with Crippen LogP contribution in [0, 0.1) is 11.3 Å². The minimum absolute atomic E-state index is 0.141. The molecule has 0 aliphatic carbocycles. The van der Waals surface area contributed by atoms with Gasteiger partial charge in [0.15, 0.2) is 0 Å². The number of amides is 4. The van der Waals surface area contributed by atoms with E-state index >= 15 is 0 Å². The summed E-state index contributed by atoms with van der Waals surface area (Å²) in [5.74, 6) is -1.57. The van der Waals surface area contributed by atoms with E-state index in [4.69, 9.17) is 5.26 Å². The van der Waals surface area contributed by atoms with Gasteiger partial charge in [0.2, 0.25) is 17.7 Å². The summed E-state index contributed by atoms with van der Waals surface area (Å²) in [4.78, 5) is 48.7. The molecular weight excluding hydrogens is 312 g/mol. The van der Waals surface area contributed by atoms with Crippen molar-refractivity contribution >= 4 is 29.3 Å². The molecular formula is C16H14N4O4. The van der Waals surface area contributed by atoms with E-state index in [0.29, 0.717) is 16.8 Å². The summed E-state index contributed by atoms with van der Waals surface area (Å²) in [5, 5.41) is 14.0. The van der Waals surface area contributed by atoms with Gasteiger partial charge in [0.05, 0.1) is 11.6 Å². The Hall–Kier alpha value is -3.21. The molecule has 1 atom stereocenters. The maximum atomic E-state index is 12.7. The second-order valence-electron chi connectivity index (χ2n) is 5.74. The molecule has 2 aliphatic heterocycles. The molecule has 0 bridgehead atoms. The Morgan fingerprint density at radius 1 is 1.38 bits per heavy atom. The average Bonchev–Trinajstić information content (AvgIpc) is 2.84. The van der Waals surface area contributed by atoms with Gasteiger partial charge in [0.1, 0.15) is 6.04 Å². The first kappa shape index (κ1) is 15.7. The zero-order valence-corrected chi connectivity index (χ0v) is 12.9. The van der Waals surface area contributed by atoms with E-state index in [-0.39, 0.29) is 42.7 Å². The van der Waals surface area contributed by atoms with Gasteiger partial charge in [-0.2, -0.15) is 5.26 Å². The molecule has 0 aromatic heterocycles. The third-order valence-electron chi connectivity index (χ3n) is 4.10. The van der Waals surface area contributed by atoms with E-state index in [1.165, 1.54) is 24.0 Å². The van der Waals surface area contributed by atoms with Crippen molar-refractivity contribution < 1.29 is 19.2 Å². The van der Waals surface area contributed by atoms with Crippen LogP contribution in [-0.4, -0.2) is 34.6 Å². The Bertz CT molecular complexity index is 824. The SMILES string of the molecule is CC(=O)Nc1cc(C#N)cc2c1CN(C1CCC(=O)NC1=O)C2=O. The molecule has 0 saturated carbocycles. The van der Waals surface area contributed by atoms with Crippen LogP contribution in [0.2, 0.25) is 0 Å². The number of imide groups is 1. The van der Waals surface area contributed by atoms with Gasteiger partial charge < -0.3 is 10.2 Å². The summed E-state index contributed by atoms with van der Waals surface area (Å²) in [6.07, 6.45) is 0.420. The topological polar surface area (TPSA) is 119 Å².